The molecule has 0 aliphatic heterocycles. The standard InChI is InChI=1S/C8H18N2O/c1-5-10(4)8(11)6-9-7(2)3/h7,9H,5-6H2,1-4H3. The maximum atomic E-state index is 11.1. The summed E-state index contributed by atoms with van der Waals surface area (Å²) < 4.78 is 0. The van der Waals surface area contributed by atoms with Crippen molar-refractivity contribution in [1.82, 2.24) is 10.2 Å². The van der Waals surface area contributed by atoms with Gasteiger partial charge < -0.3 is 10.2 Å². The van der Waals surface area contributed by atoms with Gasteiger partial charge in [0.05, 0.1) is 6.54 Å². The Morgan fingerprint density at radius 1 is 1.55 bits per heavy atom. The molecule has 0 aromatic carbocycles. The maximum Gasteiger partial charge on any atom is 0.236 e. The molecular weight excluding hydrogens is 140 g/mol. The molecule has 0 rings (SSSR count). The van der Waals surface area contributed by atoms with Crippen LogP contribution in [0.1, 0.15) is 20.8 Å². The minimum atomic E-state index is 0.154. The molecule has 3 heteroatoms. The van der Waals surface area contributed by atoms with Crippen LogP contribution >= 0.6 is 0 Å². The van der Waals surface area contributed by atoms with Crippen molar-refractivity contribution in [2.75, 3.05) is 20.1 Å². The van der Waals surface area contributed by atoms with E-state index < -0.39 is 0 Å². The van der Waals surface area contributed by atoms with Crippen LogP contribution in [-0.2, 0) is 4.79 Å². The van der Waals surface area contributed by atoms with Gasteiger partial charge in [0.1, 0.15) is 0 Å². The predicted octanol–water partition coefficient (Wildman–Crippen LogP) is 0.463. The largest absolute Gasteiger partial charge is 0.345 e. The Hall–Kier alpha value is -0.570. The van der Waals surface area contributed by atoms with Crippen LogP contribution in [0.15, 0.2) is 0 Å². The van der Waals surface area contributed by atoms with Crippen LogP contribution in [-0.4, -0.2) is 37.0 Å². The highest BCUT2D eigenvalue weighted by Gasteiger charge is 2.05. The van der Waals surface area contributed by atoms with Crippen molar-refractivity contribution in [2.45, 2.75) is 26.8 Å². The van der Waals surface area contributed by atoms with Gasteiger partial charge in [-0.3, -0.25) is 4.79 Å². The van der Waals surface area contributed by atoms with Gasteiger partial charge in [-0.2, -0.15) is 0 Å². The molecule has 0 saturated heterocycles. The lowest BCUT2D eigenvalue weighted by atomic mass is 10.4. The Morgan fingerprint density at radius 3 is 2.45 bits per heavy atom. The number of amides is 1. The normalized spacial score (nSPS) is 10.3. The Balaban J connectivity index is 3.52. The molecule has 0 aliphatic carbocycles. The first kappa shape index (κ1) is 10.4. The third-order valence-corrected chi connectivity index (χ3v) is 1.56. The van der Waals surface area contributed by atoms with E-state index in [0.29, 0.717) is 12.6 Å². The van der Waals surface area contributed by atoms with Gasteiger partial charge in [-0.15, -0.1) is 0 Å². The van der Waals surface area contributed by atoms with Gasteiger partial charge in [0.2, 0.25) is 5.91 Å². The molecule has 0 aromatic heterocycles. The molecule has 0 atom stereocenters. The van der Waals surface area contributed by atoms with Crippen LogP contribution in [0.3, 0.4) is 0 Å². The average molecular weight is 158 g/mol. The fourth-order valence-electron chi connectivity index (χ4n) is 0.603. The zero-order valence-electron chi connectivity index (χ0n) is 7.85. The number of rotatable bonds is 4. The average Bonchev–Trinajstić information content (AvgIpc) is 1.98. The SMILES string of the molecule is CCN(C)C(=O)CNC(C)C. The Morgan fingerprint density at radius 2 is 2.09 bits per heavy atom. The van der Waals surface area contributed by atoms with Crippen molar-refractivity contribution < 1.29 is 4.79 Å². The molecule has 1 amide bonds. The predicted molar refractivity (Wildman–Crippen MR) is 46.4 cm³/mol. The zero-order valence-corrected chi connectivity index (χ0v) is 7.85. The summed E-state index contributed by atoms with van der Waals surface area (Å²) in [6, 6.07) is 0.379. The molecule has 0 saturated carbocycles. The van der Waals surface area contributed by atoms with E-state index in [1.807, 2.05) is 27.8 Å². The van der Waals surface area contributed by atoms with Crippen molar-refractivity contribution in [3.63, 3.8) is 0 Å². The minimum absolute atomic E-state index is 0.154. The molecule has 0 spiro atoms. The fourth-order valence-corrected chi connectivity index (χ4v) is 0.603. The van der Waals surface area contributed by atoms with Crippen LogP contribution in [0.2, 0.25) is 0 Å². The Bertz CT molecular complexity index is 123. The number of hydrogen-bond acceptors (Lipinski definition) is 2. The topological polar surface area (TPSA) is 32.3 Å². The lowest BCUT2D eigenvalue weighted by Crippen LogP contribution is -2.37. The van der Waals surface area contributed by atoms with Gasteiger partial charge in [-0.1, -0.05) is 13.8 Å². The fraction of sp³-hybridized carbons (Fsp3) is 0.875. The molecule has 0 aromatic rings. The first-order valence-electron chi connectivity index (χ1n) is 4.05. The van der Waals surface area contributed by atoms with Crippen LogP contribution in [0.25, 0.3) is 0 Å². The second-order valence-electron chi connectivity index (χ2n) is 2.94. The smallest absolute Gasteiger partial charge is 0.236 e. The van der Waals surface area contributed by atoms with E-state index in [1.165, 1.54) is 0 Å². The summed E-state index contributed by atoms with van der Waals surface area (Å²) in [6.45, 7) is 7.24. The van der Waals surface area contributed by atoms with Crippen LogP contribution in [0.4, 0.5) is 0 Å². The number of hydrogen-bond donors (Lipinski definition) is 1. The summed E-state index contributed by atoms with van der Waals surface area (Å²) in [5, 5.41) is 3.07. The van der Waals surface area contributed by atoms with E-state index in [-0.39, 0.29) is 5.91 Å². The summed E-state index contributed by atoms with van der Waals surface area (Å²) in [6.07, 6.45) is 0. The van der Waals surface area contributed by atoms with E-state index >= 15 is 0 Å². The van der Waals surface area contributed by atoms with Crippen LogP contribution < -0.4 is 5.32 Å². The molecular formula is C8H18N2O. The third kappa shape index (κ3) is 4.79. The number of nitrogens with one attached hydrogen (secondary N) is 1. The maximum absolute atomic E-state index is 11.1. The van der Waals surface area contributed by atoms with Crippen molar-refractivity contribution in [3.05, 3.63) is 0 Å². The molecule has 0 bridgehead atoms. The number of carbonyl (C=O) groups is 1. The van der Waals surface area contributed by atoms with Gasteiger partial charge in [0.15, 0.2) is 0 Å². The van der Waals surface area contributed by atoms with Crippen molar-refractivity contribution >= 4 is 5.91 Å². The molecule has 3 nitrogen and oxygen atoms in total. The molecule has 0 aliphatic rings. The van der Waals surface area contributed by atoms with Gasteiger partial charge in [0.25, 0.3) is 0 Å². The second-order valence-corrected chi connectivity index (χ2v) is 2.94. The molecule has 0 unspecified atom stereocenters. The van der Waals surface area contributed by atoms with E-state index in [4.69, 9.17) is 0 Å². The third-order valence-electron chi connectivity index (χ3n) is 1.56. The van der Waals surface area contributed by atoms with Gasteiger partial charge in [-0.05, 0) is 6.92 Å². The van der Waals surface area contributed by atoms with Crippen molar-refractivity contribution in [3.8, 4) is 0 Å². The molecule has 0 fully saturated rings. The molecule has 0 radical (unpaired) electrons. The first-order valence-corrected chi connectivity index (χ1v) is 4.05. The highest BCUT2D eigenvalue weighted by atomic mass is 16.2. The van der Waals surface area contributed by atoms with Gasteiger partial charge in [0, 0.05) is 19.6 Å². The van der Waals surface area contributed by atoms with E-state index in [0.717, 1.165) is 6.54 Å². The Kier molecular flexibility index (Phi) is 4.86. The quantitative estimate of drug-likeness (QED) is 0.644. The monoisotopic (exact) mass is 158 g/mol. The summed E-state index contributed by atoms with van der Waals surface area (Å²) in [7, 11) is 1.81. The highest BCUT2D eigenvalue weighted by Crippen LogP contribution is 1.83. The molecule has 1 N–H and O–H groups in total. The van der Waals surface area contributed by atoms with Crippen molar-refractivity contribution in [1.29, 1.82) is 0 Å². The number of carbonyl (C=O) groups excluding carboxylic acids is 1. The van der Waals surface area contributed by atoms with Crippen LogP contribution in [0, 0.1) is 0 Å². The minimum Gasteiger partial charge on any atom is -0.345 e. The summed E-state index contributed by atoms with van der Waals surface area (Å²) in [5.74, 6) is 0.154. The van der Waals surface area contributed by atoms with Gasteiger partial charge in [-0.25, -0.2) is 0 Å². The zero-order chi connectivity index (χ0) is 8.85. The molecule has 0 heterocycles. The molecule has 66 valence electrons. The van der Waals surface area contributed by atoms with Gasteiger partial charge >= 0.3 is 0 Å². The van der Waals surface area contributed by atoms with Crippen LogP contribution in [0.5, 0.6) is 0 Å². The summed E-state index contributed by atoms with van der Waals surface area (Å²) >= 11 is 0. The second kappa shape index (κ2) is 5.13. The lowest BCUT2D eigenvalue weighted by molar-refractivity contribution is -0.128. The highest BCUT2D eigenvalue weighted by molar-refractivity contribution is 5.77. The van der Waals surface area contributed by atoms with E-state index in [9.17, 15) is 4.79 Å². The Labute approximate surface area is 68.8 Å². The van der Waals surface area contributed by atoms with E-state index in [1.54, 1.807) is 4.90 Å². The summed E-state index contributed by atoms with van der Waals surface area (Å²) in [4.78, 5) is 12.8. The van der Waals surface area contributed by atoms with E-state index in [2.05, 4.69) is 5.32 Å². The number of nitrogens with zero attached hydrogens (tertiary/aromatic N) is 1. The van der Waals surface area contributed by atoms with Crippen molar-refractivity contribution in [2.24, 2.45) is 0 Å². The first-order chi connectivity index (χ1) is 5.07. The molecule has 11 heavy (non-hydrogen) atoms. The summed E-state index contributed by atoms with van der Waals surface area (Å²) in [5.41, 5.74) is 0. The number of likely N-dealkylation sites (N-methyl/N-ethyl adjacent to an activating group) is 1. The lowest BCUT2D eigenvalue weighted by Gasteiger charge is -2.15.